The van der Waals surface area contributed by atoms with Crippen molar-refractivity contribution in [1.82, 2.24) is 15.5 Å². The van der Waals surface area contributed by atoms with Crippen LogP contribution in [-0.2, 0) is 11.3 Å². The molecule has 2 N–H and O–H groups in total. The number of rotatable bonds is 5. The number of carbonyl (C=O) groups is 2. The molecule has 2 amide bonds. The molecule has 0 saturated heterocycles. The van der Waals surface area contributed by atoms with Gasteiger partial charge in [-0.1, -0.05) is 18.2 Å². The van der Waals surface area contributed by atoms with Crippen molar-refractivity contribution in [3.05, 3.63) is 35.4 Å². The van der Waals surface area contributed by atoms with Gasteiger partial charge in [0.05, 0.1) is 0 Å². The normalized spacial score (nSPS) is 14.5. The molecule has 1 unspecified atom stereocenters. The minimum atomic E-state index is -0.122. The Morgan fingerprint density at radius 1 is 1.40 bits per heavy atom. The van der Waals surface area contributed by atoms with E-state index in [2.05, 4.69) is 10.6 Å². The highest BCUT2D eigenvalue weighted by atomic mass is 35.5. The van der Waals surface area contributed by atoms with Crippen LogP contribution in [-0.4, -0.2) is 42.9 Å². The molecular formula is C14H20ClN3O2. The Bertz CT molecular complexity index is 493. The summed E-state index contributed by atoms with van der Waals surface area (Å²) in [7, 11) is 1.84. The fraction of sp³-hybridized carbons (Fsp3) is 0.429. The maximum absolute atomic E-state index is 12.1. The van der Waals surface area contributed by atoms with Gasteiger partial charge in [-0.25, -0.2) is 0 Å². The molecule has 110 valence electrons. The SMILES string of the molecule is CNC(C)CNC(=O)CN1Cc2ccccc2C1=O.Cl. The minimum absolute atomic E-state index is 0. The van der Waals surface area contributed by atoms with Gasteiger partial charge in [0.2, 0.25) is 5.91 Å². The average Bonchev–Trinajstić information content (AvgIpc) is 2.73. The summed E-state index contributed by atoms with van der Waals surface area (Å²) in [5, 5.41) is 5.85. The van der Waals surface area contributed by atoms with Crippen molar-refractivity contribution in [3.8, 4) is 0 Å². The first kappa shape index (κ1) is 16.5. The van der Waals surface area contributed by atoms with Crippen LogP contribution in [0.5, 0.6) is 0 Å². The van der Waals surface area contributed by atoms with Crippen molar-refractivity contribution in [2.24, 2.45) is 0 Å². The molecule has 0 fully saturated rings. The van der Waals surface area contributed by atoms with Gasteiger partial charge in [0, 0.05) is 24.7 Å². The Kier molecular flexibility index (Phi) is 5.98. The highest BCUT2D eigenvalue weighted by Crippen LogP contribution is 2.21. The average molecular weight is 298 g/mol. The summed E-state index contributed by atoms with van der Waals surface area (Å²) in [6.45, 7) is 3.18. The molecule has 0 radical (unpaired) electrons. The summed E-state index contributed by atoms with van der Waals surface area (Å²) in [6, 6.07) is 7.70. The number of likely N-dealkylation sites (N-methyl/N-ethyl adjacent to an activating group) is 1. The van der Waals surface area contributed by atoms with Crippen molar-refractivity contribution in [1.29, 1.82) is 0 Å². The molecule has 1 aromatic rings. The molecule has 0 bridgehead atoms. The van der Waals surface area contributed by atoms with E-state index in [1.165, 1.54) is 0 Å². The van der Waals surface area contributed by atoms with Crippen LogP contribution in [0, 0.1) is 0 Å². The number of nitrogens with zero attached hydrogens (tertiary/aromatic N) is 1. The van der Waals surface area contributed by atoms with Crippen LogP contribution in [0.25, 0.3) is 0 Å². The van der Waals surface area contributed by atoms with Gasteiger partial charge in [-0.15, -0.1) is 12.4 Å². The fourth-order valence-electron chi connectivity index (χ4n) is 2.04. The van der Waals surface area contributed by atoms with Gasteiger partial charge in [0.1, 0.15) is 6.54 Å². The number of hydrogen-bond donors (Lipinski definition) is 2. The van der Waals surface area contributed by atoms with Crippen molar-refractivity contribution >= 4 is 24.2 Å². The van der Waals surface area contributed by atoms with Crippen LogP contribution < -0.4 is 10.6 Å². The van der Waals surface area contributed by atoms with Crippen molar-refractivity contribution in [2.75, 3.05) is 20.1 Å². The second kappa shape index (κ2) is 7.26. The Morgan fingerprint density at radius 2 is 2.10 bits per heavy atom. The fourth-order valence-corrected chi connectivity index (χ4v) is 2.04. The molecule has 1 atom stereocenters. The Labute approximate surface area is 125 Å². The zero-order chi connectivity index (χ0) is 13.8. The Balaban J connectivity index is 0.00000200. The molecule has 1 aromatic carbocycles. The van der Waals surface area contributed by atoms with Crippen LogP contribution in [0.15, 0.2) is 24.3 Å². The molecule has 1 heterocycles. The molecule has 6 heteroatoms. The third kappa shape index (κ3) is 3.71. The number of hydrogen-bond acceptors (Lipinski definition) is 3. The largest absolute Gasteiger partial charge is 0.353 e. The Morgan fingerprint density at radius 3 is 2.75 bits per heavy atom. The van der Waals surface area contributed by atoms with Gasteiger partial charge in [-0.05, 0) is 25.6 Å². The summed E-state index contributed by atoms with van der Waals surface area (Å²) in [6.07, 6.45) is 0. The van der Waals surface area contributed by atoms with Crippen molar-refractivity contribution in [2.45, 2.75) is 19.5 Å². The first-order valence-corrected chi connectivity index (χ1v) is 6.43. The lowest BCUT2D eigenvalue weighted by atomic mass is 10.1. The molecule has 0 aromatic heterocycles. The molecule has 0 saturated carbocycles. The lowest BCUT2D eigenvalue weighted by Gasteiger charge is -2.16. The summed E-state index contributed by atoms with van der Waals surface area (Å²) in [5.41, 5.74) is 1.70. The topological polar surface area (TPSA) is 61.4 Å². The quantitative estimate of drug-likeness (QED) is 0.845. The van der Waals surface area contributed by atoms with E-state index >= 15 is 0 Å². The van der Waals surface area contributed by atoms with Crippen LogP contribution in [0.1, 0.15) is 22.8 Å². The van der Waals surface area contributed by atoms with Gasteiger partial charge in [0.15, 0.2) is 0 Å². The maximum atomic E-state index is 12.1. The first-order valence-electron chi connectivity index (χ1n) is 6.43. The summed E-state index contributed by atoms with van der Waals surface area (Å²) in [5.74, 6) is -0.185. The number of amides is 2. The molecular weight excluding hydrogens is 278 g/mol. The van der Waals surface area contributed by atoms with Gasteiger partial charge >= 0.3 is 0 Å². The first-order chi connectivity index (χ1) is 9.11. The van der Waals surface area contributed by atoms with Gasteiger partial charge in [-0.3, -0.25) is 9.59 Å². The van der Waals surface area contributed by atoms with E-state index in [1.807, 2.05) is 32.2 Å². The number of benzene rings is 1. The van der Waals surface area contributed by atoms with E-state index in [4.69, 9.17) is 0 Å². The standard InChI is InChI=1S/C14H19N3O2.ClH/c1-10(15-2)7-16-13(18)9-17-8-11-5-3-4-6-12(11)14(17)19;/h3-6,10,15H,7-9H2,1-2H3,(H,16,18);1H. The molecule has 1 aliphatic rings. The van der Waals surface area contributed by atoms with Gasteiger partial charge < -0.3 is 15.5 Å². The monoisotopic (exact) mass is 297 g/mol. The highest BCUT2D eigenvalue weighted by Gasteiger charge is 2.27. The van der Waals surface area contributed by atoms with Crippen LogP contribution in [0.4, 0.5) is 0 Å². The molecule has 2 rings (SSSR count). The summed E-state index contributed by atoms with van der Waals surface area (Å²) in [4.78, 5) is 25.4. The molecule has 20 heavy (non-hydrogen) atoms. The van der Waals surface area contributed by atoms with Crippen LogP contribution in [0.2, 0.25) is 0 Å². The van der Waals surface area contributed by atoms with Gasteiger partial charge in [-0.2, -0.15) is 0 Å². The van der Waals surface area contributed by atoms with Crippen molar-refractivity contribution in [3.63, 3.8) is 0 Å². The maximum Gasteiger partial charge on any atom is 0.254 e. The number of nitrogens with one attached hydrogen (secondary N) is 2. The predicted molar refractivity (Wildman–Crippen MR) is 80.0 cm³/mol. The number of halogens is 1. The molecule has 0 aliphatic carbocycles. The lowest BCUT2D eigenvalue weighted by Crippen LogP contribution is -2.42. The minimum Gasteiger partial charge on any atom is -0.353 e. The van der Waals surface area contributed by atoms with Gasteiger partial charge in [0.25, 0.3) is 5.91 Å². The smallest absolute Gasteiger partial charge is 0.254 e. The summed E-state index contributed by atoms with van der Waals surface area (Å²) >= 11 is 0. The van der Waals surface area contributed by atoms with E-state index in [0.717, 1.165) is 5.56 Å². The molecule has 5 nitrogen and oxygen atoms in total. The third-order valence-electron chi connectivity index (χ3n) is 3.33. The zero-order valence-electron chi connectivity index (χ0n) is 11.7. The second-order valence-corrected chi connectivity index (χ2v) is 4.81. The van der Waals surface area contributed by atoms with Crippen molar-refractivity contribution < 1.29 is 9.59 Å². The molecule has 1 aliphatic heterocycles. The zero-order valence-corrected chi connectivity index (χ0v) is 12.5. The van der Waals surface area contributed by atoms with Crippen LogP contribution in [0.3, 0.4) is 0 Å². The highest BCUT2D eigenvalue weighted by molar-refractivity contribution is 6.00. The van der Waals surface area contributed by atoms with E-state index < -0.39 is 0 Å². The number of carbonyl (C=O) groups excluding carboxylic acids is 2. The molecule has 0 spiro atoms. The summed E-state index contributed by atoms with van der Waals surface area (Å²) < 4.78 is 0. The second-order valence-electron chi connectivity index (χ2n) is 4.81. The Hall–Kier alpha value is -1.59. The lowest BCUT2D eigenvalue weighted by molar-refractivity contribution is -0.121. The van der Waals surface area contributed by atoms with E-state index in [9.17, 15) is 9.59 Å². The van der Waals surface area contributed by atoms with E-state index in [-0.39, 0.29) is 36.8 Å². The van der Waals surface area contributed by atoms with E-state index in [1.54, 1.807) is 11.0 Å². The van der Waals surface area contributed by atoms with Crippen LogP contribution >= 0.6 is 12.4 Å². The number of fused-ring (bicyclic) bond motifs is 1. The third-order valence-corrected chi connectivity index (χ3v) is 3.33. The predicted octanol–water partition coefficient (Wildman–Crippen LogP) is 0.788. The van der Waals surface area contributed by atoms with E-state index in [0.29, 0.717) is 18.7 Å².